The first kappa shape index (κ1) is 18.1. The van der Waals surface area contributed by atoms with Gasteiger partial charge in [0.1, 0.15) is 5.52 Å². The van der Waals surface area contributed by atoms with Crippen molar-refractivity contribution in [3.05, 3.63) is 60.2 Å². The molecule has 0 radical (unpaired) electrons. The SMILES string of the molecule is CCCOC(=O)CCN(Cc1ccccc1)Cn1nnc2ccccc21. The van der Waals surface area contributed by atoms with E-state index in [1.807, 2.05) is 54.1 Å². The lowest BCUT2D eigenvalue weighted by Crippen LogP contribution is -2.29. The van der Waals surface area contributed by atoms with Gasteiger partial charge in [-0.15, -0.1) is 5.10 Å². The molecule has 0 saturated heterocycles. The number of hydrogen-bond donors (Lipinski definition) is 0. The number of carbonyl (C=O) groups excluding carboxylic acids is 1. The van der Waals surface area contributed by atoms with Crippen molar-refractivity contribution in [3.8, 4) is 0 Å². The van der Waals surface area contributed by atoms with Crippen molar-refractivity contribution in [1.29, 1.82) is 0 Å². The predicted octanol–water partition coefficient (Wildman–Crippen LogP) is 3.23. The van der Waals surface area contributed by atoms with Crippen molar-refractivity contribution in [2.45, 2.75) is 33.0 Å². The summed E-state index contributed by atoms with van der Waals surface area (Å²) in [5, 5.41) is 8.47. The molecule has 0 atom stereocenters. The molecule has 0 aliphatic rings. The largest absolute Gasteiger partial charge is 0.466 e. The molecule has 3 rings (SSSR count). The number of ether oxygens (including phenoxy) is 1. The number of para-hydroxylation sites is 1. The van der Waals surface area contributed by atoms with Crippen LogP contribution in [-0.4, -0.2) is 39.0 Å². The monoisotopic (exact) mass is 352 g/mol. The van der Waals surface area contributed by atoms with Gasteiger partial charge in [-0.2, -0.15) is 0 Å². The molecule has 3 aromatic rings. The second-order valence-corrected chi connectivity index (χ2v) is 6.23. The molecule has 136 valence electrons. The minimum Gasteiger partial charge on any atom is -0.466 e. The highest BCUT2D eigenvalue weighted by Gasteiger charge is 2.13. The maximum atomic E-state index is 11.9. The van der Waals surface area contributed by atoms with E-state index in [0.717, 1.165) is 24.0 Å². The minimum absolute atomic E-state index is 0.159. The summed E-state index contributed by atoms with van der Waals surface area (Å²) < 4.78 is 7.07. The number of benzene rings is 2. The van der Waals surface area contributed by atoms with Gasteiger partial charge < -0.3 is 4.74 Å². The summed E-state index contributed by atoms with van der Waals surface area (Å²) in [4.78, 5) is 14.1. The molecule has 0 amide bonds. The Hall–Kier alpha value is -2.73. The highest BCUT2D eigenvalue weighted by Crippen LogP contribution is 2.13. The third-order valence-electron chi connectivity index (χ3n) is 4.10. The summed E-state index contributed by atoms with van der Waals surface area (Å²) in [7, 11) is 0. The van der Waals surface area contributed by atoms with E-state index in [-0.39, 0.29) is 5.97 Å². The van der Waals surface area contributed by atoms with Crippen molar-refractivity contribution in [3.63, 3.8) is 0 Å². The average Bonchev–Trinajstić information content (AvgIpc) is 3.08. The number of rotatable bonds is 9. The molecule has 0 spiro atoms. The fraction of sp³-hybridized carbons (Fsp3) is 0.350. The van der Waals surface area contributed by atoms with Gasteiger partial charge in [0.2, 0.25) is 0 Å². The van der Waals surface area contributed by atoms with E-state index in [9.17, 15) is 4.79 Å². The molecule has 1 aromatic heterocycles. The first-order chi connectivity index (χ1) is 12.8. The minimum atomic E-state index is -0.159. The van der Waals surface area contributed by atoms with Crippen LogP contribution >= 0.6 is 0 Å². The predicted molar refractivity (Wildman–Crippen MR) is 100 cm³/mol. The fourth-order valence-electron chi connectivity index (χ4n) is 2.79. The van der Waals surface area contributed by atoms with Crippen LogP contribution in [0.25, 0.3) is 11.0 Å². The van der Waals surface area contributed by atoms with Crippen LogP contribution in [0.2, 0.25) is 0 Å². The summed E-state index contributed by atoms with van der Waals surface area (Å²) in [5.74, 6) is -0.159. The van der Waals surface area contributed by atoms with Gasteiger partial charge >= 0.3 is 5.97 Å². The zero-order chi connectivity index (χ0) is 18.2. The molecule has 0 fully saturated rings. The second-order valence-electron chi connectivity index (χ2n) is 6.23. The third kappa shape index (κ3) is 4.89. The van der Waals surface area contributed by atoms with Gasteiger partial charge in [-0.05, 0) is 24.1 Å². The number of carbonyl (C=O) groups is 1. The van der Waals surface area contributed by atoms with E-state index in [0.29, 0.717) is 26.2 Å². The van der Waals surface area contributed by atoms with Crippen LogP contribution in [0.4, 0.5) is 0 Å². The number of aromatic nitrogens is 3. The Morgan fingerprint density at radius 2 is 1.88 bits per heavy atom. The summed E-state index contributed by atoms with van der Waals surface area (Å²) in [6.07, 6.45) is 1.20. The number of nitrogens with zero attached hydrogens (tertiary/aromatic N) is 4. The van der Waals surface area contributed by atoms with Crippen molar-refractivity contribution in [2.75, 3.05) is 13.2 Å². The van der Waals surface area contributed by atoms with Crippen molar-refractivity contribution in [1.82, 2.24) is 19.9 Å². The van der Waals surface area contributed by atoms with Gasteiger partial charge in [-0.3, -0.25) is 9.69 Å². The van der Waals surface area contributed by atoms with Gasteiger partial charge in [0.25, 0.3) is 0 Å². The zero-order valence-corrected chi connectivity index (χ0v) is 15.0. The fourth-order valence-corrected chi connectivity index (χ4v) is 2.79. The quantitative estimate of drug-likeness (QED) is 0.553. The smallest absolute Gasteiger partial charge is 0.307 e. The van der Waals surface area contributed by atoms with Crippen LogP contribution in [0.1, 0.15) is 25.3 Å². The van der Waals surface area contributed by atoms with Crippen LogP contribution in [0.15, 0.2) is 54.6 Å². The van der Waals surface area contributed by atoms with E-state index in [1.165, 1.54) is 5.56 Å². The lowest BCUT2D eigenvalue weighted by molar-refractivity contribution is -0.144. The molecule has 0 aliphatic carbocycles. The van der Waals surface area contributed by atoms with Crippen molar-refractivity contribution in [2.24, 2.45) is 0 Å². The molecule has 2 aromatic carbocycles. The normalized spacial score (nSPS) is 11.2. The van der Waals surface area contributed by atoms with Gasteiger partial charge in [-0.25, -0.2) is 4.68 Å². The summed E-state index contributed by atoms with van der Waals surface area (Å²) >= 11 is 0. The Morgan fingerprint density at radius 3 is 2.69 bits per heavy atom. The van der Waals surface area contributed by atoms with Gasteiger partial charge in [-0.1, -0.05) is 54.6 Å². The molecule has 0 unspecified atom stereocenters. The summed E-state index contributed by atoms with van der Waals surface area (Å²) in [5.41, 5.74) is 3.05. The Morgan fingerprint density at radius 1 is 1.12 bits per heavy atom. The molecule has 26 heavy (non-hydrogen) atoms. The van der Waals surface area contributed by atoms with E-state index >= 15 is 0 Å². The van der Waals surface area contributed by atoms with Gasteiger partial charge in [0.05, 0.1) is 25.2 Å². The molecule has 1 heterocycles. The van der Waals surface area contributed by atoms with Gasteiger partial charge in [0, 0.05) is 13.1 Å². The average molecular weight is 352 g/mol. The van der Waals surface area contributed by atoms with Crippen LogP contribution in [-0.2, 0) is 22.7 Å². The van der Waals surface area contributed by atoms with Crippen LogP contribution in [0, 0.1) is 0 Å². The molecule has 6 heteroatoms. The lowest BCUT2D eigenvalue weighted by atomic mass is 10.2. The second kappa shape index (κ2) is 9.10. The molecular weight excluding hydrogens is 328 g/mol. The highest BCUT2D eigenvalue weighted by atomic mass is 16.5. The van der Waals surface area contributed by atoms with Crippen LogP contribution in [0.3, 0.4) is 0 Å². The van der Waals surface area contributed by atoms with Crippen LogP contribution in [0.5, 0.6) is 0 Å². The van der Waals surface area contributed by atoms with Gasteiger partial charge in [0.15, 0.2) is 0 Å². The number of hydrogen-bond acceptors (Lipinski definition) is 5. The Bertz CT molecular complexity index is 832. The van der Waals surface area contributed by atoms with E-state index in [2.05, 4.69) is 27.3 Å². The lowest BCUT2D eigenvalue weighted by Gasteiger charge is -2.22. The molecule has 0 saturated carbocycles. The highest BCUT2D eigenvalue weighted by molar-refractivity contribution is 5.73. The molecular formula is C20H24N4O2. The maximum Gasteiger partial charge on any atom is 0.307 e. The topological polar surface area (TPSA) is 60.2 Å². The van der Waals surface area contributed by atoms with Crippen molar-refractivity contribution >= 4 is 17.0 Å². The van der Waals surface area contributed by atoms with E-state index in [4.69, 9.17) is 4.74 Å². The van der Waals surface area contributed by atoms with E-state index in [1.54, 1.807) is 0 Å². The molecule has 0 aliphatic heterocycles. The number of fused-ring (bicyclic) bond motifs is 1. The number of esters is 1. The third-order valence-corrected chi connectivity index (χ3v) is 4.10. The zero-order valence-electron chi connectivity index (χ0n) is 15.0. The summed E-state index contributed by atoms with van der Waals surface area (Å²) in [6.45, 7) is 4.37. The Kier molecular flexibility index (Phi) is 6.33. The van der Waals surface area contributed by atoms with Crippen molar-refractivity contribution < 1.29 is 9.53 Å². The Balaban J connectivity index is 1.70. The molecule has 6 nitrogen and oxygen atoms in total. The Labute approximate surface area is 153 Å². The first-order valence-corrected chi connectivity index (χ1v) is 8.96. The standard InChI is InChI=1S/C20H24N4O2/c1-2-14-26-20(25)12-13-23(15-17-8-4-3-5-9-17)16-24-19-11-7-6-10-18(19)21-22-24/h3-11H,2,12-16H2,1H3. The molecule has 0 bridgehead atoms. The first-order valence-electron chi connectivity index (χ1n) is 8.96. The maximum absolute atomic E-state index is 11.9. The van der Waals surface area contributed by atoms with E-state index < -0.39 is 0 Å². The summed E-state index contributed by atoms with van der Waals surface area (Å²) in [6, 6.07) is 18.1. The van der Waals surface area contributed by atoms with Crippen LogP contribution < -0.4 is 0 Å². The molecule has 0 N–H and O–H groups in total.